The third kappa shape index (κ3) is 3.04. The summed E-state index contributed by atoms with van der Waals surface area (Å²) in [5.41, 5.74) is 4.76. The van der Waals surface area contributed by atoms with Crippen molar-refractivity contribution in [2.75, 3.05) is 18.5 Å². The normalized spacial score (nSPS) is 33.6. The quantitative estimate of drug-likeness (QED) is 0.765. The molecule has 0 radical (unpaired) electrons. The first-order valence-electron chi connectivity index (χ1n) is 11.6. The van der Waals surface area contributed by atoms with Gasteiger partial charge in [-0.1, -0.05) is 30.3 Å². The number of carbonyl (C=O) groups excluding carboxylic acids is 1. The Bertz CT molecular complexity index is 937. The van der Waals surface area contributed by atoms with E-state index in [0.717, 1.165) is 36.8 Å². The van der Waals surface area contributed by atoms with E-state index < -0.39 is 0 Å². The SMILES string of the molecule is O=C(NC[C@H]1CCCO1)c1ccc2c(c1)[C@H]1[C@@H]3CC[C@@H](C3)[C@@H]1[C@@H](c1ccccc1)N2. The van der Waals surface area contributed by atoms with Gasteiger partial charge < -0.3 is 15.4 Å². The predicted octanol–water partition coefficient (Wildman–Crippen LogP) is 4.89. The highest BCUT2D eigenvalue weighted by molar-refractivity contribution is 5.95. The Hall–Kier alpha value is -2.33. The molecule has 1 saturated heterocycles. The maximum absolute atomic E-state index is 12.8. The molecule has 2 heterocycles. The molecule has 2 aliphatic heterocycles. The summed E-state index contributed by atoms with van der Waals surface area (Å²) < 4.78 is 5.65. The predicted molar refractivity (Wildman–Crippen MR) is 118 cm³/mol. The van der Waals surface area contributed by atoms with Crippen molar-refractivity contribution < 1.29 is 9.53 Å². The Kier molecular flexibility index (Phi) is 4.56. The van der Waals surface area contributed by atoms with Crippen LogP contribution in [0.25, 0.3) is 0 Å². The molecule has 6 rings (SSSR count). The minimum atomic E-state index is 0.0261. The molecule has 0 aromatic heterocycles. The summed E-state index contributed by atoms with van der Waals surface area (Å²) in [6, 6.07) is 17.6. The summed E-state index contributed by atoms with van der Waals surface area (Å²) >= 11 is 0. The number of amides is 1. The number of fused-ring (bicyclic) bond motifs is 7. The fourth-order valence-electron chi connectivity index (χ4n) is 6.73. The number of hydrogen-bond acceptors (Lipinski definition) is 3. The number of carbonyl (C=O) groups is 1. The Labute approximate surface area is 178 Å². The van der Waals surface area contributed by atoms with Crippen LogP contribution in [-0.4, -0.2) is 25.2 Å². The van der Waals surface area contributed by atoms with Crippen molar-refractivity contribution in [1.82, 2.24) is 5.32 Å². The maximum Gasteiger partial charge on any atom is 0.251 e. The largest absolute Gasteiger partial charge is 0.378 e. The van der Waals surface area contributed by atoms with Crippen LogP contribution in [0.2, 0.25) is 0 Å². The maximum atomic E-state index is 12.8. The lowest BCUT2D eigenvalue weighted by molar-refractivity contribution is 0.0857. The minimum absolute atomic E-state index is 0.0261. The van der Waals surface area contributed by atoms with Crippen LogP contribution in [0.4, 0.5) is 5.69 Å². The Morgan fingerprint density at radius 3 is 2.77 bits per heavy atom. The summed E-state index contributed by atoms with van der Waals surface area (Å²) in [5.74, 6) is 2.78. The van der Waals surface area contributed by atoms with Gasteiger partial charge >= 0.3 is 0 Å². The van der Waals surface area contributed by atoms with Crippen LogP contribution in [0.5, 0.6) is 0 Å². The van der Waals surface area contributed by atoms with E-state index in [0.29, 0.717) is 24.4 Å². The van der Waals surface area contributed by atoms with Crippen LogP contribution in [0.3, 0.4) is 0 Å². The number of nitrogens with one attached hydrogen (secondary N) is 2. The lowest BCUT2D eigenvalue weighted by Gasteiger charge is -2.43. The van der Waals surface area contributed by atoms with Crippen molar-refractivity contribution in [2.24, 2.45) is 17.8 Å². The highest BCUT2D eigenvalue weighted by Gasteiger charge is 2.53. The molecule has 1 amide bonds. The second kappa shape index (κ2) is 7.42. The molecule has 4 nitrogen and oxygen atoms in total. The van der Waals surface area contributed by atoms with E-state index in [2.05, 4.69) is 53.1 Å². The van der Waals surface area contributed by atoms with E-state index in [1.165, 1.54) is 36.1 Å². The van der Waals surface area contributed by atoms with Gasteiger partial charge in [-0.15, -0.1) is 0 Å². The first kappa shape index (κ1) is 18.4. The molecule has 2 N–H and O–H groups in total. The van der Waals surface area contributed by atoms with Gasteiger partial charge in [-0.3, -0.25) is 4.79 Å². The number of benzene rings is 2. The molecule has 0 spiro atoms. The minimum Gasteiger partial charge on any atom is -0.378 e. The molecule has 4 aliphatic rings. The smallest absolute Gasteiger partial charge is 0.251 e. The van der Waals surface area contributed by atoms with Crippen molar-refractivity contribution >= 4 is 11.6 Å². The summed E-state index contributed by atoms with van der Waals surface area (Å²) in [6.45, 7) is 1.43. The Morgan fingerprint density at radius 1 is 1.07 bits per heavy atom. The van der Waals surface area contributed by atoms with Crippen molar-refractivity contribution in [3.8, 4) is 0 Å². The van der Waals surface area contributed by atoms with E-state index in [1.54, 1.807) is 0 Å². The highest BCUT2D eigenvalue weighted by Crippen LogP contribution is 2.63. The van der Waals surface area contributed by atoms with Gasteiger partial charge in [0.25, 0.3) is 5.91 Å². The van der Waals surface area contributed by atoms with Gasteiger partial charge in [0.15, 0.2) is 0 Å². The van der Waals surface area contributed by atoms with Gasteiger partial charge in [0.2, 0.25) is 0 Å². The van der Waals surface area contributed by atoms with Gasteiger partial charge in [-0.05, 0) is 85.1 Å². The fraction of sp³-hybridized carbons (Fsp3) is 0.500. The van der Waals surface area contributed by atoms with Gasteiger partial charge in [-0.25, -0.2) is 0 Å². The molecule has 2 aliphatic carbocycles. The zero-order valence-electron chi connectivity index (χ0n) is 17.3. The second-order valence-electron chi connectivity index (χ2n) is 9.62. The average Bonchev–Trinajstić information content (AvgIpc) is 3.55. The van der Waals surface area contributed by atoms with Crippen LogP contribution >= 0.6 is 0 Å². The topological polar surface area (TPSA) is 50.4 Å². The summed E-state index contributed by atoms with van der Waals surface area (Å²) in [6.07, 6.45) is 6.35. The van der Waals surface area contributed by atoms with Crippen molar-refractivity contribution in [1.29, 1.82) is 0 Å². The van der Waals surface area contributed by atoms with Gasteiger partial charge in [0, 0.05) is 24.4 Å². The third-order valence-electron chi connectivity index (χ3n) is 8.02. The molecule has 30 heavy (non-hydrogen) atoms. The van der Waals surface area contributed by atoms with E-state index in [-0.39, 0.29) is 12.0 Å². The fourth-order valence-corrected chi connectivity index (χ4v) is 6.73. The van der Waals surface area contributed by atoms with Crippen LogP contribution in [0.15, 0.2) is 48.5 Å². The number of ether oxygens (including phenoxy) is 1. The molecule has 2 bridgehead atoms. The summed E-state index contributed by atoms with van der Waals surface area (Å²) in [4.78, 5) is 12.8. The molecule has 6 atom stereocenters. The Morgan fingerprint density at radius 2 is 1.93 bits per heavy atom. The monoisotopic (exact) mass is 402 g/mol. The first-order chi connectivity index (χ1) is 14.8. The second-order valence-corrected chi connectivity index (χ2v) is 9.62. The molecule has 156 valence electrons. The molecule has 2 aromatic rings. The first-order valence-corrected chi connectivity index (χ1v) is 11.6. The molecule has 4 heteroatoms. The molecule has 0 unspecified atom stereocenters. The van der Waals surface area contributed by atoms with E-state index in [4.69, 9.17) is 4.74 Å². The number of rotatable bonds is 4. The summed E-state index contributed by atoms with van der Waals surface area (Å²) in [7, 11) is 0. The van der Waals surface area contributed by atoms with Crippen LogP contribution < -0.4 is 10.6 Å². The van der Waals surface area contributed by atoms with Crippen LogP contribution in [0.1, 0.15) is 65.5 Å². The van der Waals surface area contributed by atoms with E-state index in [1.807, 2.05) is 6.07 Å². The lowest BCUT2D eigenvalue weighted by Crippen LogP contribution is -2.36. The average molecular weight is 403 g/mol. The van der Waals surface area contributed by atoms with E-state index >= 15 is 0 Å². The zero-order chi connectivity index (χ0) is 20.1. The van der Waals surface area contributed by atoms with Crippen molar-refractivity contribution in [3.63, 3.8) is 0 Å². The zero-order valence-corrected chi connectivity index (χ0v) is 17.3. The van der Waals surface area contributed by atoms with Gasteiger partial charge in [0.05, 0.1) is 12.1 Å². The molecular weight excluding hydrogens is 372 g/mol. The lowest BCUT2D eigenvalue weighted by atomic mass is 9.68. The summed E-state index contributed by atoms with van der Waals surface area (Å²) in [5, 5.41) is 6.95. The van der Waals surface area contributed by atoms with Crippen LogP contribution in [-0.2, 0) is 4.74 Å². The van der Waals surface area contributed by atoms with Crippen molar-refractivity contribution in [3.05, 3.63) is 65.2 Å². The Balaban J connectivity index is 1.29. The highest BCUT2D eigenvalue weighted by atomic mass is 16.5. The standard InChI is InChI=1S/C26H30N2O2/c29-26(27-15-20-7-4-12-30-20)19-10-11-22-21(14-19)23-17-8-9-18(13-17)24(23)25(28-22)16-5-2-1-3-6-16/h1-3,5-6,10-11,14,17-18,20,23-25,28H,4,7-9,12-13,15H2,(H,27,29)/t17-,18+,20-,23-,24+,25-/m1/s1. The molecule has 2 aromatic carbocycles. The third-order valence-corrected chi connectivity index (χ3v) is 8.02. The molecule has 3 fully saturated rings. The van der Waals surface area contributed by atoms with Gasteiger partial charge in [-0.2, -0.15) is 0 Å². The number of anilines is 1. The number of hydrogen-bond donors (Lipinski definition) is 2. The molecular formula is C26H30N2O2. The van der Waals surface area contributed by atoms with Gasteiger partial charge in [0.1, 0.15) is 0 Å². The van der Waals surface area contributed by atoms with E-state index in [9.17, 15) is 4.79 Å². The molecule has 2 saturated carbocycles. The van der Waals surface area contributed by atoms with Crippen LogP contribution in [0, 0.1) is 17.8 Å². The van der Waals surface area contributed by atoms with Crippen molar-refractivity contribution in [2.45, 2.75) is 50.2 Å².